The first-order valence-electron chi connectivity index (χ1n) is 6.24. The molecule has 2 aromatic rings. The lowest BCUT2D eigenvalue weighted by atomic mass is 10.1. The lowest BCUT2D eigenvalue weighted by molar-refractivity contribution is 0.0916. The van der Waals surface area contributed by atoms with Crippen molar-refractivity contribution in [3.63, 3.8) is 0 Å². The predicted molar refractivity (Wildman–Crippen MR) is 79.6 cm³/mol. The Labute approximate surface area is 126 Å². The standard InChI is InChI=1S/C15H14ClFN2O2/c16-13-7-10(17)3-6-12(13)15(21)19-8-14(20)9-1-4-11(18)5-2-9/h1-7,14,20H,8,18H2,(H,19,21). The molecule has 0 heterocycles. The van der Waals surface area contributed by atoms with E-state index in [0.29, 0.717) is 11.3 Å². The summed E-state index contributed by atoms with van der Waals surface area (Å²) in [7, 11) is 0. The second-order valence-electron chi connectivity index (χ2n) is 4.52. The molecule has 0 aliphatic rings. The summed E-state index contributed by atoms with van der Waals surface area (Å²) in [4.78, 5) is 11.9. The molecule has 1 atom stereocenters. The monoisotopic (exact) mass is 308 g/mol. The number of anilines is 1. The van der Waals surface area contributed by atoms with E-state index < -0.39 is 17.8 Å². The first-order valence-corrected chi connectivity index (χ1v) is 6.62. The summed E-state index contributed by atoms with van der Waals surface area (Å²) < 4.78 is 12.9. The van der Waals surface area contributed by atoms with Gasteiger partial charge in [-0.05, 0) is 35.9 Å². The number of hydrogen-bond acceptors (Lipinski definition) is 3. The van der Waals surface area contributed by atoms with Gasteiger partial charge in [0, 0.05) is 12.2 Å². The van der Waals surface area contributed by atoms with Gasteiger partial charge in [-0.2, -0.15) is 0 Å². The number of rotatable bonds is 4. The van der Waals surface area contributed by atoms with Gasteiger partial charge in [0.2, 0.25) is 0 Å². The van der Waals surface area contributed by atoms with Gasteiger partial charge < -0.3 is 16.2 Å². The number of halogens is 2. The van der Waals surface area contributed by atoms with Crippen LogP contribution < -0.4 is 11.1 Å². The molecule has 2 rings (SSSR count). The molecule has 0 aliphatic heterocycles. The molecule has 1 unspecified atom stereocenters. The molecule has 0 spiro atoms. The smallest absolute Gasteiger partial charge is 0.252 e. The molecule has 0 radical (unpaired) electrons. The molecule has 110 valence electrons. The Balaban J connectivity index is 1.99. The third-order valence-electron chi connectivity index (χ3n) is 2.95. The highest BCUT2D eigenvalue weighted by Crippen LogP contribution is 2.18. The SMILES string of the molecule is Nc1ccc(C(O)CNC(=O)c2ccc(F)cc2Cl)cc1. The van der Waals surface area contributed by atoms with Crippen LogP contribution in [-0.4, -0.2) is 17.6 Å². The maximum atomic E-state index is 12.9. The Morgan fingerprint density at radius 3 is 2.57 bits per heavy atom. The third-order valence-corrected chi connectivity index (χ3v) is 3.27. The molecular formula is C15H14ClFN2O2. The van der Waals surface area contributed by atoms with Gasteiger partial charge in [0.1, 0.15) is 5.82 Å². The average Bonchev–Trinajstić information content (AvgIpc) is 2.45. The second kappa shape index (κ2) is 6.56. The number of aliphatic hydroxyl groups is 1. The van der Waals surface area contributed by atoms with Crippen LogP contribution in [0.4, 0.5) is 10.1 Å². The number of hydrogen-bond donors (Lipinski definition) is 3. The van der Waals surface area contributed by atoms with E-state index in [4.69, 9.17) is 17.3 Å². The molecule has 1 amide bonds. The van der Waals surface area contributed by atoms with Crippen molar-refractivity contribution >= 4 is 23.2 Å². The summed E-state index contributed by atoms with van der Waals surface area (Å²) in [6.07, 6.45) is -0.867. The Morgan fingerprint density at radius 1 is 1.29 bits per heavy atom. The van der Waals surface area contributed by atoms with Gasteiger partial charge in [0.15, 0.2) is 0 Å². The summed E-state index contributed by atoms with van der Waals surface area (Å²) in [5, 5.41) is 12.5. The van der Waals surface area contributed by atoms with Crippen LogP contribution in [0.2, 0.25) is 5.02 Å². The van der Waals surface area contributed by atoms with E-state index in [9.17, 15) is 14.3 Å². The Bertz CT molecular complexity index is 647. The zero-order valence-electron chi connectivity index (χ0n) is 11.0. The van der Waals surface area contributed by atoms with Crippen LogP contribution in [0.1, 0.15) is 22.0 Å². The van der Waals surface area contributed by atoms with Crippen molar-refractivity contribution in [3.8, 4) is 0 Å². The van der Waals surface area contributed by atoms with Crippen LogP contribution in [-0.2, 0) is 0 Å². The molecule has 4 N–H and O–H groups in total. The van der Waals surface area contributed by atoms with Gasteiger partial charge >= 0.3 is 0 Å². The van der Waals surface area contributed by atoms with E-state index >= 15 is 0 Å². The van der Waals surface area contributed by atoms with Gasteiger partial charge in [-0.25, -0.2) is 4.39 Å². The molecule has 2 aromatic carbocycles. The normalized spacial score (nSPS) is 12.0. The number of benzene rings is 2. The molecule has 4 nitrogen and oxygen atoms in total. The average molecular weight is 309 g/mol. The lowest BCUT2D eigenvalue weighted by Crippen LogP contribution is -2.28. The van der Waals surface area contributed by atoms with Gasteiger partial charge in [-0.15, -0.1) is 0 Å². The fourth-order valence-electron chi connectivity index (χ4n) is 1.79. The van der Waals surface area contributed by atoms with E-state index in [1.807, 2.05) is 0 Å². The minimum atomic E-state index is -0.867. The summed E-state index contributed by atoms with van der Waals surface area (Å²) in [6, 6.07) is 10.2. The number of nitrogen functional groups attached to an aromatic ring is 1. The molecule has 0 aliphatic carbocycles. The molecule has 0 bridgehead atoms. The van der Waals surface area contributed by atoms with Gasteiger partial charge in [0.05, 0.1) is 16.7 Å². The fraction of sp³-hybridized carbons (Fsp3) is 0.133. The quantitative estimate of drug-likeness (QED) is 0.760. The number of carbonyl (C=O) groups excluding carboxylic acids is 1. The molecule has 0 saturated heterocycles. The van der Waals surface area contributed by atoms with Crippen LogP contribution in [0.15, 0.2) is 42.5 Å². The predicted octanol–water partition coefficient (Wildman–Crippen LogP) is 2.52. The first-order chi connectivity index (χ1) is 9.97. The highest BCUT2D eigenvalue weighted by Gasteiger charge is 2.13. The van der Waals surface area contributed by atoms with Crippen LogP contribution >= 0.6 is 11.6 Å². The van der Waals surface area contributed by atoms with Crippen molar-refractivity contribution in [1.82, 2.24) is 5.32 Å². The van der Waals surface area contributed by atoms with Crippen molar-refractivity contribution in [2.75, 3.05) is 12.3 Å². The minimum absolute atomic E-state index is 0.0104. The fourth-order valence-corrected chi connectivity index (χ4v) is 2.05. The summed E-state index contributed by atoms with van der Waals surface area (Å²) in [5.41, 5.74) is 6.94. The maximum absolute atomic E-state index is 12.9. The molecule has 21 heavy (non-hydrogen) atoms. The highest BCUT2D eigenvalue weighted by molar-refractivity contribution is 6.33. The Kier molecular flexibility index (Phi) is 4.77. The van der Waals surface area contributed by atoms with Crippen LogP contribution in [0.3, 0.4) is 0 Å². The molecule has 6 heteroatoms. The summed E-state index contributed by atoms with van der Waals surface area (Å²) in [6.45, 7) is 0.0104. The van der Waals surface area contributed by atoms with Gasteiger partial charge in [-0.1, -0.05) is 23.7 Å². The van der Waals surface area contributed by atoms with Gasteiger partial charge in [0.25, 0.3) is 5.91 Å². The van der Waals surface area contributed by atoms with E-state index in [0.717, 1.165) is 12.1 Å². The zero-order chi connectivity index (χ0) is 15.4. The van der Waals surface area contributed by atoms with Crippen LogP contribution in [0.25, 0.3) is 0 Å². The van der Waals surface area contributed by atoms with E-state index in [2.05, 4.69) is 5.32 Å². The van der Waals surface area contributed by atoms with E-state index in [-0.39, 0.29) is 17.1 Å². The first kappa shape index (κ1) is 15.3. The Morgan fingerprint density at radius 2 is 1.95 bits per heavy atom. The zero-order valence-corrected chi connectivity index (χ0v) is 11.8. The number of amides is 1. The van der Waals surface area contributed by atoms with E-state index in [1.54, 1.807) is 24.3 Å². The summed E-state index contributed by atoms with van der Waals surface area (Å²) >= 11 is 5.80. The van der Waals surface area contributed by atoms with Crippen molar-refractivity contribution in [3.05, 3.63) is 64.4 Å². The second-order valence-corrected chi connectivity index (χ2v) is 4.92. The number of carbonyl (C=O) groups is 1. The number of nitrogens with two attached hydrogens (primary N) is 1. The molecule has 0 saturated carbocycles. The van der Waals surface area contributed by atoms with Crippen LogP contribution in [0, 0.1) is 5.82 Å². The number of nitrogens with one attached hydrogen (secondary N) is 1. The molecule has 0 aromatic heterocycles. The topological polar surface area (TPSA) is 75.3 Å². The van der Waals surface area contributed by atoms with Crippen molar-refractivity contribution in [1.29, 1.82) is 0 Å². The minimum Gasteiger partial charge on any atom is -0.399 e. The highest BCUT2D eigenvalue weighted by atomic mass is 35.5. The third kappa shape index (κ3) is 3.93. The molecule has 0 fully saturated rings. The largest absolute Gasteiger partial charge is 0.399 e. The van der Waals surface area contributed by atoms with E-state index in [1.165, 1.54) is 6.07 Å². The van der Waals surface area contributed by atoms with Crippen LogP contribution in [0.5, 0.6) is 0 Å². The Hall–Kier alpha value is -2.11. The van der Waals surface area contributed by atoms with Crippen molar-refractivity contribution in [2.24, 2.45) is 0 Å². The lowest BCUT2D eigenvalue weighted by Gasteiger charge is -2.13. The summed E-state index contributed by atoms with van der Waals surface area (Å²) in [5.74, 6) is -0.993. The molecular weight excluding hydrogens is 295 g/mol. The van der Waals surface area contributed by atoms with Crippen molar-refractivity contribution in [2.45, 2.75) is 6.10 Å². The maximum Gasteiger partial charge on any atom is 0.252 e. The van der Waals surface area contributed by atoms with Gasteiger partial charge in [-0.3, -0.25) is 4.79 Å². The number of aliphatic hydroxyl groups excluding tert-OH is 1. The van der Waals surface area contributed by atoms with Crippen molar-refractivity contribution < 1.29 is 14.3 Å².